The first-order chi connectivity index (χ1) is 11.3. The Morgan fingerprint density at radius 3 is 2.78 bits per heavy atom. The highest BCUT2D eigenvalue weighted by atomic mass is 32.1. The molecule has 0 aliphatic carbocycles. The Labute approximate surface area is 137 Å². The second-order valence-electron chi connectivity index (χ2n) is 5.15. The number of phenolic OH excluding ortho intramolecular Hbond substituents is 1. The van der Waals surface area contributed by atoms with Crippen LogP contribution in [0, 0.1) is 0 Å². The molecule has 0 saturated carbocycles. The summed E-state index contributed by atoms with van der Waals surface area (Å²) in [6, 6.07) is 17.1. The Hall–Kier alpha value is -2.79. The molecule has 0 aliphatic rings. The minimum absolute atomic E-state index is 0.146. The zero-order valence-corrected chi connectivity index (χ0v) is 13.0. The van der Waals surface area contributed by atoms with Gasteiger partial charge in [0.2, 0.25) is 5.89 Å². The minimum atomic E-state index is 0.146. The molecule has 5 heteroatoms. The van der Waals surface area contributed by atoms with Crippen LogP contribution < -0.4 is 5.32 Å². The molecular formula is C18H14N2O2S. The van der Waals surface area contributed by atoms with Gasteiger partial charge in [-0.2, -0.15) is 0 Å². The van der Waals surface area contributed by atoms with Crippen LogP contribution in [0.2, 0.25) is 0 Å². The van der Waals surface area contributed by atoms with Gasteiger partial charge in [0.25, 0.3) is 0 Å². The molecule has 0 atom stereocenters. The fourth-order valence-corrected chi connectivity index (χ4v) is 3.06. The molecule has 23 heavy (non-hydrogen) atoms. The maximum Gasteiger partial charge on any atom is 0.231 e. The number of rotatable bonds is 4. The molecule has 0 amide bonds. The molecule has 2 aromatic carbocycles. The fraction of sp³-hybridized carbons (Fsp3) is 0.0556. The third-order valence-corrected chi connectivity index (χ3v) is 4.45. The highest BCUT2D eigenvalue weighted by Gasteiger charge is 2.12. The van der Waals surface area contributed by atoms with Crippen LogP contribution in [-0.4, -0.2) is 10.1 Å². The summed E-state index contributed by atoms with van der Waals surface area (Å²) in [6.45, 7) is 0.735. The average Bonchev–Trinajstić information content (AvgIpc) is 3.22. The summed E-state index contributed by atoms with van der Waals surface area (Å²) in [5.74, 6) is 0.571. The number of benzene rings is 2. The van der Waals surface area contributed by atoms with Crippen molar-refractivity contribution in [2.45, 2.75) is 6.54 Å². The normalized spacial score (nSPS) is 11.0. The van der Waals surface area contributed by atoms with E-state index in [9.17, 15) is 5.11 Å². The first-order valence-electron chi connectivity index (χ1n) is 7.25. The van der Waals surface area contributed by atoms with Crippen LogP contribution in [-0.2, 0) is 6.54 Å². The van der Waals surface area contributed by atoms with Crippen LogP contribution in [0.15, 0.2) is 64.4 Å². The van der Waals surface area contributed by atoms with Crippen LogP contribution in [0.25, 0.3) is 22.6 Å². The van der Waals surface area contributed by atoms with Crippen molar-refractivity contribution in [3.05, 3.63) is 64.9 Å². The largest absolute Gasteiger partial charge is 0.507 e. The molecule has 0 saturated heterocycles. The molecule has 0 radical (unpaired) electrons. The lowest BCUT2D eigenvalue weighted by atomic mass is 10.2. The zero-order valence-electron chi connectivity index (χ0n) is 12.2. The average molecular weight is 322 g/mol. The van der Waals surface area contributed by atoms with Crippen molar-refractivity contribution in [1.82, 2.24) is 4.98 Å². The maximum absolute atomic E-state index is 10.3. The molecule has 2 heterocycles. The van der Waals surface area contributed by atoms with Gasteiger partial charge in [-0.05, 0) is 35.7 Å². The smallest absolute Gasteiger partial charge is 0.231 e. The minimum Gasteiger partial charge on any atom is -0.507 e. The van der Waals surface area contributed by atoms with E-state index in [1.54, 1.807) is 17.4 Å². The Balaban J connectivity index is 1.60. The number of oxazole rings is 1. The van der Waals surface area contributed by atoms with Crippen molar-refractivity contribution in [2.24, 2.45) is 0 Å². The van der Waals surface area contributed by atoms with E-state index in [4.69, 9.17) is 4.42 Å². The SMILES string of the molecule is Oc1cc(NCc2cccs2)ccc1-c1nc2ccccc2o1. The van der Waals surface area contributed by atoms with Gasteiger partial charge in [0, 0.05) is 23.2 Å². The van der Waals surface area contributed by atoms with Gasteiger partial charge < -0.3 is 14.8 Å². The van der Waals surface area contributed by atoms with Crippen LogP contribution in [0.4, 0.5) is 5.69 Å². The van der Waals surface area contributed by atoms with Gasteiger partial charge in [-0.15, -0.1) is 11.3 Å². The highest BCUT2D eigenvalue weighted by Crippen LogP contribution is 2.33. The Morgan fingerprint density at radius 1 is 1.09 bits per heavy atom. The third kappa shape index (κ3) is 2.78. The van der Waals surface area contributed by atoms with Crippen molar-refractivity contribution in [1.29, 1.82) is 0 Å². The summed E-state index contributed by atoms with van der Waals surface area (Å²) >= 11 is 1.70. The number of nitrogens with zero attached hydrogens (tertiary/aromatic N) is 1. The highest BCUT2D eigenvalue weighted by molar-refractivity contribution is 7.09. The summed E-state index contributed by atoms with van der Waals surface area (Å²) < 4.78 is 5.70. The number of thiophene rings is 1. The van der Waals surface area contributed by atoms with E-state index in [0.717, 1.165) is 17.7 Å². The van der Waals surface area contributed by atoms with Gasteiger partial charge in [-0.25, -0.2) is 4.98 Å². The summed E-state index contributed by atoms with van der Waals surface area (Å²) in [7, 11) is 0. The van der Waals surface area contributed by atoms with E-state index < -0.39 is 0 Å². The predicted octanol–water partition coefficient (Wildman–Crippen LogP) is 4.87. The molecule has 0 spiro atoms. The van der Waals surface area contributed by atoms with E-state index in [0.29, 0.717) is 17.0 Å². The maximum atomic E-state index is 10.3. The molecule has 2 aromatic heterocycles. The Bertz CT molecular complexity index is 912. The van der Waals surface area contributed by atoms with Gasteiger partial charge in [-0.1, -0.05) is 18.2 Å². The lowest BCUT2D eigenvalue weighted by molar-refractivity contribution is 0.474. The molecule has 0 bridgehead atoms. The van der Waals surface area contributed by atoms with Gasteiger partial charge in [-0.3, -0.25) is 0 Å². The zero-order chi connectivity index (χ0) is 15.6. The Kier molecular flexibility index (Phi) is 3.48. The molecule has 0 unspecified atom stereocenters. The van der Waals surface area contributed by atoms with E-state index in [1.165, 1.54) is 4.88 Å². The standard InChI is InChI=1S/C18H14N2O2S/c21-16-10-12(19-11-13-4-3-9-23-13)7-8-14(16)18-20-15-5-1-2-6-17(15)22-18/h1-10,19,21H,11H2. The van der Waals surface area contributed by atoms with Gasteiger partial charge in [0.15, 0.2) is 5.58 Å². The number of aromatic hydroxyl groups is 1. The molecule has 114 valence electrons. The number of phenols is 1. The van der Waals surface area contributed by atoms with E-state index in [-0.39, 0.29) is 5.75 Å². The molecular weight excluding hydrogens is 308 g/mol. The fourth-order valence-electron chi connectivity index (χ4n) is 2.41. The lowest BCUT2D eigenvalue weighted by Gasteiger charge is -2.07. The molecule has 0 fully saturated rings. The number of para-hydroxylation sites is 2. The van der Waals surface area contributed by atoms with Crippen LogP contribution >= 0.6 is 11.3 Å². The molecule has 0 aliphatic heterocycles. The van der Waals surface area contributed by atoms with Crippen LogP contribution in [0.5, 0.6) is 5.75 Å². The van der Waals surface area contributed by atoms with Crippen molar-refractivity contribution in [2.75, 3.05) is 5.32 Å². The second kappa shape index (κ2) is 5.78. The van der Waals surface area contributed by atoms with Crippen molar-refractivity contribution >= 4 is 28.1 Å². The summed E-state index contributed by atoms with van der Waals surface area (Å²) in [6.07, 6.45) is 0. The van der Waals surface area contributed by atoms with Gasteiger partial charge >= 0.3 is 0 Å². The molecule has 4 aromatic rings. The monoisotopic (exact) mass is 322 g/mol. The number of nitrogens with one attached hydrogen (secondary N) is 1. The number of hydrogen-bond donors (Lipinski definition) is 2. The van der Waals surface area contributed by atoms with Crippen molar-refractivity contribution in [3.63, 3.8) is 0 Å². The quantitative estimate of drug-likeness (QED) is 0.562. The second-order valence-corrected chi connectivity index (χ2v) is 6.18. The van der Waals surface area contributed by atoms with Crippen molar-refractivity contribution in [3.8, 4) is 17.2 Å². The number of aromatic nitrogens is 1. The van der Waals surface area contributed by atoms with Crippen LogP contribution in [0.3, 0.4) is 0 Å². The van der Waals surface area contributed by atoms with Crippen LogP contribution in [0.1, 0.15) is 4.88 Å². The summed E-state index contributed by atoms with van der Waals surface area (Å²) in [5, 5.41) is 15.6. The molecule has 2 N–H and O–H groups in total. The first-order valence-corrected chi connectivity index (χ1v) is 8.13. The first kappa shape index (κ1) is 13.8. The topological polar surface area (TPSA) is 58.3 Å². The van der Waals surface area contributed by atoms with E-state index in [2.05, 4.69) is 16.4 Å². The van der Waals surface area contributed by atoms with Gasteiger partial charge in [0.1, 0.15) is 11.3 Å². The number of fused-ring (bicyclic) bond motifs is 1. The molecule has 4 rings (SSSR count). The van der Waals surface area contributed by atoms with Gasteiger partial charge in [0.05, 0.1) is 5.56 Å². The van der Waals surface area contributed by atoms with E-state index in [1.807, 2.05) is 47.8 Å². The summed E-state index contributed by atoms with van der Waals surface area (Å²) in [4.78, 5) is 5.66. The van der Waals surface area contributed by atoms with E-state index >= 15 is 0 Å². The summed E-state index contributed by atoms with van der Waals surface area (Å²) in [5.41, 5.74) is 2.93. The number of hydrogen-bond acceptors (Lipinski definition) is 5. The lowest BCUT2D eigenvalue weighted by Crippen LogP contribution is -1.97. The van der Waals surface area contributed by atoms with Crippen molar-refractivity contribution < 1.29 is 9.52 Å². The molecule has 4 nitrogen and oxygen atoms in total. The Morgan fingerprint density at radius 2 is 2.00 bits per heavy atom. The number of anilines is 1. The third-order valence-electron chi connectivity index (χ3n) is 3.57. The predicted molar refractivity (Wildman–Crippen MR) is 92.8 cm³/mol.